The van der Waals surface area contributed by atoms with Crippen molar-refractivity contribution in [1.29, 1.82) is 0 Å². The minimum atomic E-state index is -3.48. The lowest BCUT2D eigenvalue weighted by molar-refractivity contribution is -0.0120. The van der Waals surface area contributed by atoms with Gasteiger partial charge in [-0.3, -0.25) is 0 Å². The summed E-state index contributed by atoms with van der Waals surface area (Å²) in [6, 6.07) is 8.29. The molecule has 1 atom stereocenters. The minimum Gasteiger partial charge on any atom is -0.378 e. The lowest BCUT2D eigenvalue weighted by Crippen LogP contribution is -2.44. The third-order valence-electron chi connectivity index (χ3n) is 3.14. The van der Waals surface area contributed by atoms with Crippen LogP contribution in [0.3, 0.4) is 0 Å². The number of hydrogen-bond acceptors (Lipinski definition) is 4. The van der Waals surface area contributed by atoms with E-state index in [1.807, 2.05) is 0 Å². The Hall–Kier alpha value is -0.950. The maximum atomic E-state index is 12.0. The van der Waals surface area contributed by atoms with E-state index in [2.05, 4.69) is 4.72 Å². The molecule has 0 aromatic heterocycles. The summed E-state index contributed by atoms with van der Waals surface area (Å²) in [4.78, 5) is 0.259. The highest BCUT2D eigenvalue weighted by Gasteiger charge is 2.36. The zero-order valence-corrected chi connectivity index (χ0v) is 11.1. The molecule has 1 aromatic rings. The molecule has 0 aliphatic carbocycles. The van der Waals surface area contributed by atoms with Crippen LogP contribution in [-0.4, -0.2) is 40.9 Å². The van der Waals surface area contributed by atoms with Crippen LogP contribution in [0.5, 0.6) is 0 Å². The molecular weight excluding hydrogens is 254 g/mol. The quantitative estimate of drug-likeness (QED) is 0.859. The predicted octanol–water partition coefficient (Wildman–Crippen LogP) is 0.770. The Morgan fingerprint density at radius 1 is 1.39 bits per heavy atom. The second-order valence-electron chi connectivity index (χ2n) is 4.33. The first-order valence-electron chi connectivity index (χ1n) is 5.76. The molecule has 0 amide bonds. The average Bonchev–Trinajstić information content (AvgIpc) is 2.87. The van der Waals surface area contributed by atoms with E-state index in [0.29, 0.717) is 19.6 Å². The van der Waals surface area contributed by atoms with Crippen LogP contribution in [0.15, 0.2) is 35.2 Å². The molecular formula is C12H17NO4S. The number of methoxy groups -OCH3 is 1. The van der Waals surface area contributed by atoms with Gasteiger partial charge in [0.25, 0.3) is 0 Å². The van der Waals surface area contributed by atoms with Gasteiger partial charge in [-0.1, -0.05) is 18.2 Å². The van der Waals surface area contributed by atoms with Crippen LogP contribution >= 0.6 is 0 Å². The first-order chi connectivity index (χ1) is 8.58. The summed E-state index contributed by atoms with van der Waals surface area (Å²) in [6.07, 6.45) is 0.695. The van der Waals surface area contributed by atoms with Crippen LogP contribution in [0.2, 0.25) is 0 Å². The molecule has 0 radical (unpaired) electrons. The lowest BCUT2D eigenvalue weighted by Gasteiger charge is -2.25. The van der Waals surface area contributed by atoms with Gasteiger partial charge in [0.05, 0.1) is 11.5 Å². The van der Waals surface area contributed by atoms with Gasteiger partial charge < -0.3 is 9.47 Å². The summed E-state index contributed by atoms with van der Waals surface area (Å²) in [5, 5.41) is 0. The van der Waals surface area contributed by atoms with Crippen LogP contribution < -0.4 is 4.72 Å². The van der Waals surface area contributed by atoms with Crippen molar-refractivity contribution in [3.8, 4) is 0 Å². The van der Waals surface area contributed by atoms with Gasteiger partial charge in [0.1, 0.15) is 5.60 Å². The van der Waals surface area contributed by atoms with Crippen molar-refractivity contribution in [3.63, 3.8) is 0 Å². The third kappa shape index (κ3) is 2.89. The molecule has 2 rings (SSSR count). The molecule has 1 saturated heterocycles. The van der Waals surface area contributed by atoms with Gasteiger partial charge in [-0.2, -0.15) is 0 Å². The first-order valence-corrected chi connectivity index (χ1v) is 7.24. The second-order valence-corrected chi connectivity index (χ2v) is 6.09. The molecule has 1 aromatic carbocycles. The van der Waals surface area contributed by atoms with Crippen LogP contribution in [0.1, 0.15) is 6.42 Å². The van der Waals surface area contributed by atoms with Crippen LogP contribution in [-0.2, 0) is 19.5 Å². The minimum absolute atomic E-state index is 0.223. The topological polar surface area (TPSA) is 64.6 Å². The highest BCUT2D eigenvalue weighted by atomic mass is 32.2. The fraction of sp³-hybridized carbons (Fsp3) is 0.500. The van der Waals surface area contributed by atoms with Crippen LogP contribution in [0.25, 0.3) is 0 Å². The number of nitrogens with one attached hydrogen (secondary N) is 1. The van der Waals surface area contributed by atoms with Gasteiger partial charge >= 0.3 is 0 Å². The summed E-state index contributed by atoms with van der Waals surface area (Å²) >= 11 is 0. The zero-order chi connectivity index (χ0) is 13.1. The molecule has 5 nitrogen and oxygen atoms in total. The van der Waals surface area contributed by atoms with Crippen LogP contribution in [0.4, 0.5) is 0 Å². The molecule has 1 heterocycles. The average molecular weight is 271 g/mol. The highest BCUT2D eigenvalue weighted by molar-refractivity contribution is 7.89. The number of sulfonamides is 1. The molecule has 0 bridgehead atoms. The van der Waals surface area contributed by atoms with Gasteiger partial charge in [0, 0.05) is 26.7 Å². The van der Waals surface area contributed by atoms with Crippen molar-refractivity contribution >= 4 is 10.0 Å². The standard InChI is InChI=1S/C12H17NO4S/c1-16-12(7-8-17-10-12)9-13-18(14,15)11-5-3-2-4-6-11/h2-6,13H,7-10H2,1H3. The number of hydrogen-bond donors (Lipinski definition) is 1. The largest absolute Gasteiger partial charge is 0.378 e. The normalized spacial score (nSPS) is 24.3. The maximum absolute atomic E-state index is 12.0. The Bertz CT molecular complexity index is 480. The molecule has 0 spiro atoms. The van der Waals surface area contributed by atoms with E-state index in [1.54, 1.807) is 37.4 Å². The highest BCUT2D eigenvalue weighted by Crippen LogP contribution is 2.22. The molecule has 18 heavy (non-hydrogen) atoms. The summed E-state index contributed by atoms with van der Waals surface area (Å²) in [7, 11) is -1.91. The zero-order valence-electron chi connectivity index (χ0n) is 10.3. The summed E-state index contributed by atoms with van der Waals surface area (Å²) in [5.41, 5.74) is -0.540. The fourth-order valence-electron chi connectivity index (χ4n) is 1.87. The number of ether oxygens (including phenoxy) is 2. The Morgan fingerprint density at radius 3 is 2.67 bits per heavy atom. The van der Waals surface area contributed by atoms with Crippen molar-refractivity contribution in [2.75, 3.05) is 26.9 Å². The van der Waals surface area contributed by atoms with Crippen molar-refractivity contribution < 1.29 is 17.9 Å². The SMILES string of the molecule is COC1(CNS(=O)(=O)c2ccccc2)CCOC1. The van der Waals surface area contributed by atoms with Crippen molar-refractivity contribution in [1.82, 2.24) is 4.72 Å². The lowest BCUT2D eigenvalue weighted by atomic mass is 10.0. The molecule has 100 valence electrons. The maximum Gasteiger partial charge on any atom is 0.240 e. The molecule has 1 unspecified atom stereocenters. The summed E-state index contributed by atoms with van der Waals surface area (Å²) in [5.74, 6) is 0. The Balaban J connectivity index is 2.06. The second kappa shape index (κ2) is 5.36. The Labute approximate surface area is 107 Å². The number of benzene rings is 1. The Kier molecular flexibility index (Phi) is 4.01. The fourth-order valence-corrected chi connectivity index (χ4v) is 3.01. The molecule has 0 saturated carbocycles. The van der Waals surface area contributed by atoms with Crippen molar-refractivity contribution in [2.24, 2.45) is 0 Å². The number of rotatable bonds is 5. The van der Waals surface area contributed by atoms with E-state index in [1.165, 1.54) is 0 Å². The molecule has 1 aliphatic heterocycles. The molecule has 1 aliphatic rings. The third-order valence-corrected chi connectivity index (χ3v) is 4.56. The van der Waals surface area contributed by atoms with Crippen LogP contribution in [0, 0.1) is 0 Å². The molecule has 6 heteroatoms. The molecule has 1 fully saturated rings. The van der Waals surface area contributed by atoms with E-state index < -0.39 is 15.6 Å². The van der Waals surface area contributed by atoms with Gasteiger partial charge in [0.15, 0.2) is 0 Å². The van der Waals surface area contributed by atoms with Gasteiger partial charge in [0.2, 0.25) is 10.0 Å². The smallest absolute Gasteiger partial charge is 0.240 e. The van der Waals surface area contributed by atoms with Crippen molar-refractivity contribution in [3.05, 3.63) is 30.3 Å². The van der Waals surface area contributed by atoms with Gasteiger partial charge in [-0.25, -0.2) is 13.1 Å². The van der Waals surface area contributed by atoms with Crippen molar-refractivity contribution in [2.45, 2.75) is 16.9 Å². The van der Waals surface area contributed by atoms with E-state index in [4.69, 9.17) is 9.47 Å². The molecule has 1 N–H and O–H groups in total. The predicted molar refractivity (Wildman–Crippen MR) is 66.8 cm³/mol. The van der Waals surface area contributed by atoms with E-state index in [-0.39, 0.29) is 11.4 Å². The summed E-state index contributed by atoms with van der Waals surface area (Å²) in [6.45, 7) is 1.24. The van der Waals surface area contributed by atoms with E-state index >= 15 is 0 Å². The summed E-state index contributed by atoms with van der Waals surface area (Å²) < 4.78 is 37.3. The Morgan fingerprint density at radius 2 is 2.11 bits per heavy atom. The van der Waals surface area contributed by atoms with Gasteiger partial charge in [-0.05, 0) is 12.1 Å². The van der Waals surface area contributed by atoms with E-state index in [0.717, 1.165) is 0 Å². The van der Waals surface area contributed by atoms with E-state index in [9.17, 15) is 8.42 Å². The monoisotopic (exact) mass is 271 g/mol. The van der Waals surface area contributed by atoms with Gasteiger partial charge in [-0.15, -0.1) is 0 Å². The first kappa shape index (κ1) is 13.5.